The van der Waals surface area contributed by atoms with Gasteiger partial charge in [-0.1, -0.05) is 6.07 Å². The Balaban J connectivity index is 2.01. The predicted octanol–water partition coefficient (Wildman–Crippen LogP) is 3.73. The molecule has 1 amide bonds. The van der Waals surface area contributed by atoms with Crippen molar-refractivity contribution in [1.29, 1.82) is 0 Å². The number of fused-ring (bicyclic) bond motifs is 1. The molecule has 144 valence electrons. The van der Waals surface area contributed by atoms with Crippen molar-refractivity contribution in [3.8, 4) is 17.2 Å². The summed E-state index contributed by atoms with van der Waals surface area (Å²) in [6.07, 6.45) is 1.76. The van der Waals surface area contributed by atoms with E-state index in [4.69, 9.17) is 9.47 Å². The second-order valence-corrected chi connectivity index (χ2v) is 7.32. The number of nitrogens with zero attached hydrogens (tertiary/aromatic N) is 1. The Morgan fingerprint density at radius 2 is 2.11 bits per heavy atom. The molecule has 3 heterocycles. The van der Waals surface area contributed by atoms with Crippen LogP contribution >= 0.6 is 11.3 Å². The van der Waals surface area contributed by atoms with Crippen LogP contribution in [-0.2, 0) is 4.79 Å². The summed E-state index contributed by atoms with van der Waals surface area (Å²) < 4.78 is 12.6. The van der Waals surface area contributed by atoms with Gasteiger partial charge >= 0.3 is 5.97 Å². The molecule has 0 bridgehead atoms. The smallest absolute Gasteiger partial charge is 0.339 e. The lowest BCUT2D eigenvalue weighted by Gasteiger charge is -2.25. The fraction of sp³-hybridized carbons (Fsp3) is 0.200. The Kier molecular flexibility index (Phi) is 4.56. The summed E-state index contributed by atoms with van der Waals surface area (Å²) in [5, 5.41) is 14.4. The minimum absolute atomic E-state index is 0.0366. The van der Waals surface area contributed by atoms with Crippen molar-refractivity contribution in [2.24, 2.45) is 0 Å². The van der Waals surface area contributed by atoms with Gasteiger partial charge in [0, 0.05) is 29.5 Å². The number of ether oxygens (including phenoxy) is 2. The number of carboxylic acid groups (broad SMARTS) is 1. The van der Waals surface area contributed by atoms with Gasteiger partial charge < -0.3 is 24.5 Å². The highest BCUT2D eigenvalue weighted by atomic mass is 32.1. The van der Waals surface area contributed by atoms with Crippen molar-refractivity contribution in [1.82, 2.24) is 4.57 Å². The molecule has 0 unspecified atom stereocenters. The van der Waals surface area contributed by atoms with Crippen LogP contribution in [0.15, 0.2) is 41.9 Å². The summed E-state index contributed by atoms with van der Waals surface area (Å²) in [7, 11) is 3.12. The van der Waals surface area contributed by atoms with Gasteiger partial charge in [0.15, 0.2) is 0 Å². The van der Waals surface area contributed by atoms with E-state index in [-0.39, 0.29) is 23.8 Å². The highest BCUT2D eigenvalue weighted by molar-refractivity contribution is 7.10. The van der Waals surface area contributed by atoms with Crippen LogP contribution in [0, 0.1) is 0 Å². The maximum atomic E-state index is 12.3. The molecule has 3 aromatic rings. The van der Waals surface area contributed by atoms with E-state index >= 15 is 0 Å². The van der Waals surface area contributed by atoms with E-state index in [1.54, 1.807) is 37.0 Å². The molecule has 2 N–H and O–H groups in total. The molecule has 28 heavy (non-hydrogen) atoms. The molecule has 1 aliphatic heterocycles. The summed E-state index contributed by atoms with van der Waals surface area (Å²) in [6.45, 7) is 0. The van der Waals surface area contributed by atoms with E-state index in [1.165, 1.54) is 17.5 Å². The first kappa shape index (κ1) is 18.1. The Hall–Kier alpha value is -3.26. The first-order valence-electron chi connectivity index (χ1n) is 8.57. The number of rotatable bonds is 5. The van der Waals surface area contributed by atoms with E-state index < -0.39 is 5.97 Å². The minimum Gasteiger partial charge on any atom is -0.497 e. The molecule has 0 fully saturated rings. The largest absolute Gasteiger partial charge is 0.497 e. The number of anilines is 1. The Labute approximate surface area is 165 Å². The fourth-order valence-electron chi connectivity index (χ4n) is 3.54. The Morgan fingerprint density at radius 3 is 2.75 bits per heavy atom. The zero-order valence-electron chi connectivity index (χ0n) is 15.3. The number of thiophene rings is 1. The van der Waals surface area contributed by atoms with E-state index in [0.29, 0.717) is 28.6 Å². The number of methoxy groups -OCH3 is 2. The lowest BCUT2D eigenvalue weighted by molar-refractivity contribution is -0.116. The Bertz CT molecular complexity index is 1050. The second kappa shape index (κ2) is 7.05. The normalized spacial score (nSPS) is 15.6. The number of carbonyl (C=O) groups is 2. The first-order valence-corrected chi connectivity index (χ1v) is 9.45. The third-order valence-corrected chi connectivity index (χ3v) is 5.78. The number of benzene rings is 1. The summed E-state index contributed by atoms with van der Waals surface area (Å²) in [4.78, 5) is 25.2. The van der Waals surface area contributed by atoms with Crippen LogP contribution in [0.5, 0.6) is 11.5 Å². The molecule has 8 heteroatoms. The average molecular weight is 398 g/mol. The highest BCUT2D eigenvalue weighted by Crippen LogP contribution is 2.44. The maximum Gasteiger partial charge on any atom is 0.339 e. The lowest BCUT2D eigenvalue weighted by atomic mass is 9.93. The Morgan fingerprint density at radius 1 is 1.29 bits per heavy atom. The van der Waals surface area contributed by atoms with Crippen molar-refractivity contribution in [3.05, 3.63) is 58.0 Å². The average Bonchev–Trinajstić information content (AvgIpc) is 3.35. The van der Waals surface area contributed by atoms with Crippen molar-refractivity contribution in [3.63, 3.8) is 0 Å². The molecular weight excluding hydrogens is 380 g/mol. The zero-order valence-corrected chi connectivity index (χ0v) is 16.1. The number of nitrogens with one attached hydrogen (secondary N) is 1. The third kappa shape index (κ3) is 2.91. The van der Waals surface area contributed by atoms with E-state index in [2.05, 4.69) is 5.32 Å². The quantitative estimate of drug-likeness (QED) is 0.684. The van der Waals surface area contributed by atoms with Gasteiger partial charge in [-0.2, -0.15) is 0 Å². The maximum absolute atomic E-state index is 12.3. The minimum atomic E-state index is -1.11. The zero-order chi connectivity index (χ0) is 19.8. The van der Waals surface area contributed by atoms with Crippen LogP contribution in [0.1, 0.15) is 33.3 Å². The molecule has 1 aromatic carbocycles. The molecule has 0 radical (unpaired) electrons. The summed E-state index contributed by atoms with van der Waals surface area (Å²) in [5.74, 6) is -0.388. The van der Waals surface area contributed by atoms with Crippen molar-refractivity contribution >= 4 is 28.9 Å². The molecule has 0 aliphatic carbocycles. The number of amides is 1. The van der Waals surface area contributed by atoms with Gasteiger partial charge in [-0.15, -0.1) is 11.3 Å². The number of aromatic carboxylic acids is 1. The van der Waals surface area contributed by atoms with Crippen LogP contribution in [0.3, 0.4) is 0 Å². The van der Waals surface area contributed by atoms with Crippen LogP contribution in [0.25, 0.3) is 5.69 Å². The molecule has 1 aliphatic rings. The topological polar surface area (TPSA) is 89.8 Å². The summed E-state index contributed by atoms with van der Waals surface area (Å²) >= 11 is 1.54. The number of carboxylic acids is 1. The standard InChI is InChI=1S/C20H18N2O5S/c1-26-11-5-6-15(27-2)14(8-11)22-10-13(20(24)25)18-19(22)12(9-17(23)21-18)16-4-3-7-28-16/h3-8,10,12H,9H2,1-2H3,(H,21,23)(H,24,25)/t12-/m0/s1. The number of hydrogen-bond donors (Lipinski definition) is 2. The van der Waals surface area contributed by atoms with Gasteiger partial charge in [-0.25, -0.2) is 4.79 Å². The van der Waals surface area contributed by atoms with Crippen LogP contribution in [0.4, 0.5) is 5.69 Å². The third-order valence-electron chi connectivity index (χ3n) is 4.79. The number of hydrogen-bond acceptors (Lipinski definition) is 5. The first-order chi connectivity index (χ1) is 13.5. The number of carbonyl (C=O) groups excluding carboxylic acids is 1. The van der Waals surface area contributed by atoms with E-state index in [9.17, 15) is 14.7 Å². The highest BCUT2D eigenvalue weighted by Gasteiger charge is 2.35. The van der Waals surface area contributed by atoms with Gasteiger partial charge in [0.2, 0.25) is 5.91 Å². The summed E-state index contributed by atoms with van der Waals surface area (Å²) in [5.41, 5.74) is 1.72. The number of aromatic nitrogens is 1. The molecule has 7 nitrogen and oxygen atoms in total. The monoisotopic (exact) mass is 398 g/mol. The van der Waals surface area contributed by atoms with Gasteiger partial charge in [-0.3, -0.25) is 4.79 Å². The van der Waals surface area contributed by atoms with Crippen LogP contribution in [0.2, 0.25) is 0 Å². The van der Waals surface area contributed by atoms with Gasteiger partial charge in [-0.05, 0) is 23.6 Å². The molecule has 0 saturated heterocycles. The molecule has 2 aromatic heterocycles. The van der Waals surface area contributed by atoms with Gasteiger partial charge in [0.1, 0.15) is 17.1 Å². The van der Waals surface area contributed by atoms with Crippen LogP contribution in [-0.4, -0.2) is 35.8 Å². The van der Waals surface area contributed by atoms with Gasteiger partial charge in [0.25, 0.3) is 0 Å². The van der Waals surface area contributed by atoms with Crippen molar-refractivity contribution < 1.29 is 24.2 Å². The SMILES string of the molecule is COc1ccc(OC)c(-n2cc(C(=O)O)c3c2[C@H](c2cccs2)CC(=O)N3)c1. The lowest BCUT2D eigenvalue weighted by Crippen LogP contribution is -2.25. The molecular formula is C20H18N2O5S. The van der Waals surface area contributed by atoms with Gasteiger partial charge in [0.05, 0.1) is 31.3 Å². The van der Waals surface area contributed by atoms with Crippen LogP contribution < -0.4 is 14.8 Å². The molecule has 1 atom stereocenters. The molecule has 4 rings (SSSR count). The fourth-order valence-corrected chi connectivity index (χ4v) is 4.37. The van der Waals surface area contributed by atoms with Crippen molar-refractivity contribution in [2.45, 2.75) is 12.3 Å². The molecule has 0 spiro atoms. The van der Waals surface area contributed by atoms with Crippen molar-refractivity contribution in [2.75, 3.05) is 19.5 Å². The summed E-state index contributed by atoms with van der Waals surface area (Å²) in [6, 6.07) is 9.20. The second-order valence-electron chi connectivity index (χ2n) is 6.34. The van der Waals surface area contributed by atoms with E-state index in [1.807, 2.05) is 17.5 Å². The predicted molar refractivity (Wildman–Crippen MR) is 105 cm³/mol. The molecule has 0 saturated carbocycles. The van der Waals surface area contributed by atoms with E-state index in [0.717, 1.165) is 4.88 Å².